The van der Waals surface area contributed by atoms with Gasteiger partial charge in [-0.05, 0) is 49.4 Å². The number of nitrogens with zero attached hydrogens (tertiary/aromatic N) is 1. The lowest BCUT2D eigenvalue weighted by molar-refractivity contribution is 0.460. The van der Waals surface area contributed by atoms with Crippen LogP contribution in [-0.2, 0) is 5.41 Å². The lowest BCUT2D eigenvalue weighted by Crippen LogP contribution is -2.23. The summed E-state index contributed by atoms with van der Waals surface area (Å²) in [6.07, 6.45) is 7.56. The monoisotopic (exact) mass is 379 g/mol. The zero-order chi connectivity index (χ0) is 18.0. The quantitative estimate of drug-likeness (QED) is 0.589. The smallest absolute Gasteiger partial charge is 0.177 e. The molecule has 2 aliphatic carbocycles. The Morgan fingerprint density at radius 1 is 1.15 bits per heavy atom. The molecule has 138 valence electrons. The molecular formula is C22H22ClN3O. The Morgan fingerprint density at radius 2 is 2.00 bits per heavy atom. The maximum absolute atomic E-state index is 6.80. The molecule has 0 unspecified atom stereocenters. The summed E-state index contributed by atoms with van der Waals surface area (Å²) in [4.78, 5) is 0. The zero-order valence-corrected chi connectivity index (χ0v) is 15.9. The normalized spacial score (nSPS) is 20.2. The molecule has 0 saturated heterocycles. The first-order valence-electron chi connectivity index (χ1n) is 9.97. The highest BCUT2D eigenvalue weighted by molar-refractivity contribution is 6.34. The third-order valence-corrected chi connectivity index (χ3v) is 6.88. The number of para-hydroxylation sites is 1. The van der Waals surface area contributed by atoms with Crippen LogP contribution < -0.4 is 10.6 Å². The fourth-order valence-corrected chi connectivity index (χ4v) is 5.19. The van der Waals surface area contributed by atoms with E-state index in [4.69, 9.17) is 16.1 Å². The summed E-state index contributed by atoms with van der Waals surface area (Å²) in [6.45, 7) is 1.03. The number of hydrogen-bond donors (Lipinski definition) is 2. The van der Waals surface area contributed by atoms with E-state index in [0.717, 1.165) is 39.5 Å². The van der Waals surface area contributed by atoms with Crippen molar-refractivity contribution in [2.24, 2.45) is 0 Å². The summed E-state index contributed by atoms with van der Waals surface area (Å²) in [7, 11) is 0. The fraction of sp³-hybridized carbons (Fsp3) is 0.409. The average Bonchev–Trinajstić information content (AvgIpc) is 3.08. The highest BCUT2D eigenvalue weighted by Crippen LogP contribution is 2.50. The van der Waals surface area contributed by atoms with Crippen molar-refractivity contribution in [1.29, 1.82) is 0 Å². The van der Waals surface area contributed by atoms with E-state index in [1.807, 2.05) is 0 Å². The molecule has 27 heavy (non-hydrogen) atoms. The molecule has 5 heteroatoms. The summed E-state index contributed by atoms with van der Waals surface area (Å²) in [6, 6.07) is 11.1. The predicted molar refractivity (Wildman–Crippen MR) is 110 cm³/mol. The first-order chi connectivity index (χ1) is 13.2. The molecule has 4 nitrogen and oxygen atoms in total. The number of halogens is 1. The minimum absolute atomic E-state index is 0.289. The topological polar surface area (TPSA) is 50.1 Å². The van der Waals surface area contributed by atoms with Gasteiger partial charge >= 0.3 is 0 Å². The SMILES string of the molecule is Clc1cc2c(cc1-c1cccc3c(NC4CC4)noc13)NCC21CCCC1. The van der Waals surface area contributed by atoms with Crippen molar-refractivity contribution in [1.82, 2.24) is 5.16 Å². The molecule has 2 saturated carbocycles. The second-order valence-electron chi connectivity index (χ2n) is 8.35. The second kappa shape index (κ2) is 5.65. The van der Waals surface area contributed by atoms with Crippen LogP contribution in [0.5, 0.6) is 0 Å². The summed E-state index contributed by atoms with van der Waals surface area (Å²) >= 11 is 6.80. The van der Waals surface area contributed by atoms with Gasteiger partial charge in [0.1, 0.15) is 0 Å². The number of fused-ring (bicyclic) bond motifs is 3. The van der Waals surface area contributed by atoms with Gasteiger partial charge in [-0.25, -0.2) is 0 Å². The Bertz CT molecular complexity index is 1050. The highest BCUT2D eigenvalue weighted by atomic mass is 35.5. The first kappa shape index (κ1) is 15.8. The Hall–Kier alpha value is -2.20. The van der Waals surface area contributed by atoms with Crippen molar-refractivity contribution in [3.63, 3.8) is 0 Å². The van der Waals surface area contributed by atoms with Gasteiger partial charge in [-0.2, -0.15) is 0 Å². The summed E-state index contributed by atoms with van der Waals surface area (Å²) in [5.41, 5.74) is 5.73. The average molecular weight is 380 g/mol. The van der Waals surface area contributed by atoms with Gasteiger partial charge in [-0.15, -0.1) is 0 Å². The summed E-state index contributed by atoms with van der Waals surface area (Å²) in [5.74, 6) is 0.842. The van der Waals surface area contributed by atoms with Crippen LogP contribution >= 0.6 is 11.6 Å². The predicted octanol–water partition coefficient (Wildman–Crippen LogP) is 5.96. The van der Waals surface area contributed by atoms with Crippen molar-refractivity contribution in [3.05, 3.63) is 40.9 Å². The van der Waals surface area contributed by atoms with E-state index in [1.165, 1.54) is 49.8 Å². The third kappa shape index (κ3) is 2.39. The van der Waals surface area contributed by atoms with Crippen molar-refractivity contribution < 1.29 is 4.52 Å². The van der Waals surface area contributed by atoms with Crippen molar-refractivity contribution >= 4 is 34.1 Å². The lowest BCUT2D eigenvalue weighted by atomic mass is 9.80. The molecule has 0 bridgehead atoms. The van der Waals surface area contributed by atoms with E-state index >= 15 is 0 Å². The Kier molecular flexibility index (Phi) is 3.31. The molecule has 0 atom stereocenters. The van der Waals surface area contributed by atoms with Gasteiger partial charge in [0.15, 0.2) is 11.4 Å². The first-order valence-corrected chi connectivity index (χ1v) is 10.3. The number of hydrogen-bond acceptors (Lipinski definition) is 4. The Morgan fingerprint density at radius 3 is 2.81 bits per heavy atom. The zero-order valence-electron chi connectivity index (χ0n) is 15.1. The largest absolute Gasteiger partial charge is 0.384 e. The van der Waals surface area contributed by atoms with E-state index < -0.39 is 0 Å². The van der Waals surface area contributed by atoms with Crippen LogP contribution in [0.25, 0.3) is 22.1 Å². The van der Waals surface area contributed by atoms with Gasteiger partial charge in [0.25, 0.3) is 0 Å². The van der Waals surface area contributed by atoms with E-state index in [2.05, 4.69) is 46.1 Å². The Balaban J connectivity index is 1.47. The molecule has 2 N–H and O–H groups in total. The van der Waals surface area contributed by atoms with Crippen molar-refractivity contribution in [3.8, 4) is 11.1 Å². The summed E-state index contributed by atoms with van der Waals surface area (Å²) in [5, 5.41) is 13.2. The van der Waals surface area contributed by atoms with E-state index in [1.54, 1.807) is 0 Å². The minimum atomic E-state index is 0.289. The van der Waals surface area contributed by atoms with E-state index in [-0.39, 0.29) is 5.41 Å². The number of benzene rings is 2. The van der Waals surface area contributed by atoms with Crippen LogP contribution in [0.4, 0.5) is 11.5 Å². The van der Waals surface area contributed by atoms with Crippen LogP contribution in [-0.4, -0.2) is 17.7 Å². The third-order valence-electron chi connectivity index (χ3n) is 6.56. The number of anilines is 2. The molecule has 6 rings (SSSR count). The molecule has 2 heterocycles. The van der Waals surface area contributed by atoms with Gasteiger partial charge in [-0.1, -0.05) is 41.7 Å². The highest BCUT2D eigenvalue weighted by Gasteiger charge is 2.41. The standard InChI is InChI=1S/C22H22ClN3O/c23-18-11-17-19(24-12-22(17)8-1-2-9-22)10-16(18)14-4-3-5-15-20(14)27-26-21(15)25-13-6-7-13/h3-5,10-11,13,24H,1-2,6-9,12H2,(H,25,26). The molecule has 1 aromatic heterocycles. The maximum Gasteiger partial charge on any atom is 0.177 e. The van der Waals surface area contributed by atoms with Crippen LogP contribution in [0.15, 0.2) is 34.9 Å². The van der Waals surface area contributed by atoms with Gasteiger partial charge in [0.05, 0.1) is 5.39 Å². The van der Waals surface area contributed by atoms with Crippen LogP contribution in [0, 0.1) is 0 Å². The van der Waals surface area contributed by atoms with Crippen molar-refractivity contribution in [2.75, 3.05) is 17.2 Å². The molecular weight excluding hydrogens is 358 g/mol. The number of rotatable bonds is 3. The molecule has 1 aliphatic heterocycles. The molecule has 3 aromatic rings. The lowest BCUT2D eigenvalue weighted by Gasteiger charge is -2.23. The molecule has 2 aromatic carbocycles. The number of aromatic nitrogens is 1. The minimum Gasteiger partial charge on any atom is -0.384 e. The molecule has 3 aliphatic rings. The van der Waals surface area contributed by atoms with Crippen molar-refractivity contribution in [2.45, 2.75) is 50.0 Å². The van der Waals surface area contributed by atoms with Crippen LogP contribution in [0.2, 0.25) is 5.02 Å². The van der Waals surface area contributed by atoms with Gasteiger partial charge < -0.3 is 15.2 Å². The van der Waals surface area contributed by atoms with Crippen LogP contribution in [0.3, 0.4) is 0 Å². The van der Waals surface area contributed by atoms with E-state index in [0.29, 0.717) is 6.04 Å². The Labute approximate surface area is 163 Å². The maximum atomic E-state index is 6.80. The number of nitrogens with one attached hydrogen (secondary N) is 2. The molecule has 1 spiro atoms. The van der Waals surface area contributed by atoms with Gasteiger partial charge in [-0.3, -0.25) is 0 Å². The van der Waals surface area contributed by atoms with E-state index in [9.17, 15) is 0 Å². The van der Waals surface area contributed by atoms with Crippen LogP contribution in [0.1, 0.15) is 44.1 Å². The molecule has 0 radical (unpaired) electrons. The molecule has 0 amide bonds. The van der Waals surface area contributed by atoms with Gasteiger partial charge in [0.2, 0.25) is 0 Å². The second-order valence-corrected chi connectivity index (χ2v) is 8.76. The fourth-order valence-electron chi connectivity index (χ4n) is 4.92. The molecule has 2 fully saturated rings. The van der Waals surface area contributed by atoms with Gasteiger partial charge in [0, 0.05) is 39.8 Å². The summed E-state index contributed by atoms with van der Waals surface area (Å²) < 4.78 is 5.74.